The van der Waals surface area contributed by atoms with Crippen molar-refractivity contribution in [2.45, 2.75) is 18.4 Å². The predicted molar refractivity (Wildman–Crippen MR) is 126 cm³/mol. The molecule has 0 saturated heterocycles. The number of carbonyl (C=O) groups excluding carboxylic acids is 1. The molecule has 4 aromatic rings. The quantitative estimate of drug-likeness (QED) is 0.397. The van der Waals surface area contributed by atoms with Crippen LogP contribution in [0.5, 0.6) is 0 Å². The van der Waals surface area contributed by atoms with E-state index in [0.717, 1.165) is 27.6 Å². The average Bonchev–Trinajstić information content (AvgIpc) is 3.41. The van der Waals surface area contributed by atoms with Crippen LogP contribution in [0.15, 0.2) is 72.9 Å². The van der Waals surface area contributed by atoms with Crippen LogP contribution in [0, 0.1) is 11.3 Å². The van der Waals surface area contributed by atoms with Gasteiger partial charge in [-0.15, -0.1) is 0 Å². The zero-order chi connectivity index (χ0) is 23.7. The van der Waals surface area contributed by atoms with Gasteiger partial charge in [0, 0.05) is 23.9 Å². The van der Waals surface area contributed by atoms with E-state index in [-0.39, 0.29) is 18.9 Å². The van der Waals surface area contributed by atoms with Gasteiger partial charge in [0.15, 0.2) is 0 Å². The van der Waals surface area contributed by atoms with Crippen LogP contribution in [0.25, 0.3) is 22.0 Å². The number of aliphatic carboxylic acids is 1. The topological polar surface area (TPSA) is 115 Å². The highest BCUT2D eigenvalue weighted by Gasteiger charge is 2.30. The summed E-state index contributed by atoms with van der Waals surface area (Å²) in [7, 11) is 0. The Kier molecular flexibility index (Phi) is 5.48. The van der Waals surface area contributed by atoms with Crippen LogP contribution in [-0.4, -0.2) is 34.8 Å². The molecule has 0 radical (unpaired) electrons. The summed E-state index contributed by atoms with van der Waals surface area (Å²) < 4.78 is 5.50. The molecule has 1 aliphatic rings. The molecule has 0 bridgehead atoms. The van der Waals surface area contributed by atoms with Crippen LogP contribution < -0.4 is 5.32 Å². The lowest BCUT2D eigenvalue weighted by Gasteiger charge is -2.17. The average molecular weight is 451 g/mol. The molecule has 0 unspecified atom stereocenters. The Bertz CT molecular complexity index is 1400. The number of carbonyl (C=O) groups is 2. The van der Waals surface area contributed by atoms with Gasteiger partial charge in [0.2, 0.25) is 0 Å². The Morgan fingerprint density at radius 2 is 1.71 bits per heavy atom. The van der Waals surface area contributed by atoms with E-state index < -0.39 is 18.1 Å². The largest absolute Gasteiger partial charge is 0.480 e. The van der Waals surface area contributed by atoms with Crippen LogP contribution in [-0.2, 0) is 16.0 Å². The number of hydrogen-bond acceptors (Lipinski definition) is 4. The Balaban J connectivity index is 1.29. The van der Waals surface area contributed by atoms with E-state index in [4.69, 9.17) is 4.74 Å². The number of H-pyrrole nitrogens is 1. The summed E-state index contributed by atoms with van der Waals surface area (Å²) in [5, 5.41) is 22.2. The second kappa shape index (κ2) is 8.75. The number of nitrogens with one attached hydrogen (secondary N) is 2. The SMILES string of the molecule is N#Cc1cccc2c(C[C@H](NC(=O)OCC3c4ccccc4-c4ccccc43)C(=O)O)c[nH]c12. The van der Waals surface area contributed by atoms with E-state index in [1.165, 1.54) is 0 Å². The fourth-order valence-corrected chi connectivity index (χ4v) is 4.68. The maximum atomic E-state index is 12.6. The van der Waals surface area contributed by atoms with Gasteiger partial charge in [0.05, 0.1) is 11.1 Å². The van der Waals surface area contributed by atoms with Crippen LogP contribution in [0.2, 0.25) is 0 Å². The number of aromatic nitrogens is 1. The molecule has 7 heteroatoms. The third kappa shape index (κ3) is 3.76. The fraction of sp³-hybridized carbons (Fsp3) is 0.148. The first-order chi connectivity index (χ1) is 16.6. The Labute approximate surface area is 195 Å². The second-order valence-corrected chi connectivity index (χ2v) is 8.22. The zero-order valence-electron chi connectivity index (χ0n) is 18.1. The van der Waals surface area contributed by atoms with Gasteiger partial charge in [-0.2, -0.15) is 5.26 Å². The molecular formula is C27H21N3O4. The lowest BCUT2D eigenvalue weighted by atomic mass is 9.98. The van der Waals surface area contributed by atoms with Crippen molar-refractivity contribution < 1.29 is 19.4 Å². The number of ether oxygens (including phenoxy) is 1. The van der Waals surface area contributed by atoms with Gasteiger partial charge in [-0.3, -0.25) is 0 Å². The summed E-state index contributed by atoms with van der Waals surface area (Å²) in [6, 6.07) is 22.2. The van der Waals surface area contributed by atoms with Crippen molar-refractivity contribution in [3.8, 4) is 17.2 Å². The van der Waals surface area contributed by atoms with Crippen LogP contribution in [0.4, 0.5) is 4.79 Å². The van der Waals surface area contributed by atoms with Gasteiger partial charge >= 0.3 is 12.1 Å². The van der Waals surface area contributed by atoms with Gasteiger partial charge in [0.1, 0.15) is 18.7 Å². The Hall–Kier alpha value is -4.57. The molecule has 3 N–H and O–H groups in total. The van der Waals surface area contributed by atoms with Gasteiger partial charge in [-0.1, -0.05) is 60.7 Å². The van der Waals surface area contributed by atoms with Crippen molar-refractivity contribution >= 4 is 23.0 Å². The van der Waals surface area contributed by atoms with E-state index >= 15 is 0 Å². The lowest BCUT2D eigenvalue weighted by Crippen LogP contribution is -2.42. The summed E-state index contributed by atoms with van der Waals surface area (Å²) >= 11 is 0. The van der Waals surface area contributed by atoms with Crippen molar-refractivity contribution in [2.24, 2.45) is 0 Å². The molecule has 0 fully saturated rings. The maximum absolute atomic E-state index is 12.6. The van der Waals surface area contributed by atoms with Crippen molar-refractivity contribution in [2.75, 3.05) is 6.61 Å². The number of fused-ring (bicyclic) bond motifs is 4. The van der Waals surface area contributed by atoms with E-state index in [1.807, 2.05) is 54.6 Å². The Morgan fingerprint density at radius 1 is 1.03 bits per heavy atom. The number of nitrogens with zero attached hydrogens (tertiary/aromatic N) is 1. The highest BCUT2D eigenvalue weighted by molar-refractivity contribution is 5.89. The molecule has 1 aromatic heterocycles. The van der Waals surface area contributed by atoms with Gasteiger partial charge in [0.25, 0.3) is 0 Å². The van der Waals surface area contributed by atoms with Crippen molar-refractivity contribution in [1.82, 2.24) is 10.3 Å². The minimum Gasteiger partial charge on any atom is -0.480 e. The molecule has 0 spiro atoms. The summed E-state index contributed by atoms with van der Waals surface area (Å²) in [4.78, 5) is 27.5. The number of alkyl carbamates (subject to hydrolysis) is 1. The summed E-state index contributed by atoms with van der Waals surface area (Å²) in [6.07, 6.45) is 0.932. The van der Waals surface area contributed by atoms with Crippen molar-refractivity contribution in [3.05, 3.63) is 95.2 Å². The molecule has 0 aliphatic heterocycles. The van der Waals surface area contributed by atoms with E-state index in [0.29, 0.717) is 16.6 Å². The van der Waals surface area contributed by atoms with Gasteiger partial charge < -0.3 is 20.1 Å². The number of carboxylic acid groups (broad SMARTS) is 1. The number of para-hydroxylation sites is 1. The van der Waals surface area contributed by atoms with Gasteiger partial charge in [-0.05, 0) is 33.9 Å². The van der Waals surface area contributed by atoms with E-state index in [1.54, 1.807) is 18.3 Å². The van der Waals surface area contributed by atoms with Crippen molar-refractivity contribution in [3.63, 3.8) is 0 Å². The number of hydrogen-bond donors (Lipinski definition) is 3. The summed E-state index contributed by atoms with van der Waals surface area (Å²) in [5.74, 6) is -1.28. The predicted octanol–water partition coefficient (Wildman–Crippen LogP) is 4.57. The normalized spacial score (nSPS) is 13.0. The first-order valence-electron chi connectivity index (χ1n) is 10.9. The molecule has 1 aliphatic carbocycles. The number of aromatic amines is 1. The highest BCUT2D eigenvalue weighted by atomic mass is 16.5. The first kappa shape index (κ1) is 21.3. The molecule has 7 nitrogen and oxygen atoms in total. The molecule has 5 rings (SSSR count). The monoisotopic (exact) mass is 451 g/mol. The maximum Gasteiger partial charge on any atom is 0.407 e. The summed E-state index contributed by atoms with van der Waals surface area (Å²) in [6.45, 7) is 0.102. The number of nitriles is 1. The molecule has 34 heavy (non-hydrogen) atoms. The smallest absolute Gasteiger partial charge is 0.407 e. The molecule has 1 atom stereocenters. The summed E-state index contributed by atoms with van der Waals surface area (Å²) in [5.41, 5.74) is 6.21. The zero-order valence-corrected chi connectivity index (χ0v) is 18.1. The molecule has 1 heterocycles. The number of benzene rings is 3. The number of amides is 1. The minimum absolute atomic E-state index is 0.0500. The first-order valence-corrected chi connectivity index (χ1v) is 10.9. The van der Waals surface area contributed by atoms with E-state index in [9.17, 15) is 20.0 Å². The number of rotatable bonds is 6. The van der Waals surface area contributed by atoms with E-state index in [2.05, 4.69) is 16.4 Å². The highest BCUT2D eigenvalue weighted by Crippen LogP contribution is 2.44. The molecule has 0 saturated carbocycles. The van der Waals surface area contributed by atoms with Crippen LogP contribution in [0.3, 0.4) is 0 Å². The van der Waals surface area contributed by atoms with Gasteiger partial charge in [-0.25, -0.2) is 9.59 Å². The molecule has 168 valence electrons. The fourth-order valence-electron chi connectivity index (χ4n) is 4.68. The third-order valence-electron chi connectivity index (χ3n) is 6.28. The molecule has 3 aromatic carbocycles. The van der Waals surface area contributed by atoms with Crippen LogP contribution in [0.1, 0.15) is 28.2 Å². The molecule has 1 amide bonds. The number of carboxylic acids is 1. The lowest BCUT2D eigenvalue weighted by molar-refractivity contribution is -0.139. The minimum atomic E-state index is -1.18. The standard InChI is InChI=1S/C27H21N3O4/c28-13-16-6-5-11-18-17(14-29-25(16)18)12-24(26(31)32)30-27(33)34-15-23-21-9-3-1-7-19(21)20-8-2-4-10-22(20)23/h1-11,14,23-24,29H,12,15H2,(H,30,33)(H,31,32)/t24-/m0/s1. The molecular weight excluding hydrogens is 430 g/mol. The second-order valence-electron chi connectivity index (χ2n) is 8.22. The van der Waals surface area contributed by atoms with Crippen LogP contribution >= 0.6 is 0 Å². The Morgan fingerprint density at radius 3 is 2.35 bits per heavy atom. The van der Waals surface area contributed by atoms with Crippen molar-refractivity contribution in [1.29, 1.82) is 5.26 Å². The third-order valence-corrected chi connectivity index (χ3v) is 6.28.